The van der Waals surface area contributed by atoms with E-state index in [-0.39, 0.29) is 6.04 Å². The molecule has 1 saturated carbocycles. The van der Waals surface area contributed by atoms with Crippen LogP contribution in [0.25, 0.3) is 0 Å². The minimum atomic E-state index is -0.539. The lowest BCUT2D eigenvalue weighted by molar-refractivity contribution is -0.0424. The van der Waals surface area contributed by atoms with Crippen LogP contribution < -0.4 is 5.32 Å². The van der Waals surface area contributed by atoms with Crippen molar-refractivity contribution in [1.29, 1.82) is 0 Å². The van der Waals surface area contributed by atoms with Gasteiger partial charge in [-0.25, -0.2) is 0 Å². The van der Waals surface area contributed by atoms with Crippen LogP contribution in [0.2, 0.25) is 0 Å². The molecule has 0 amide bonds. The Bertz CT molecular complexity index is 421. The summed E-state index contributed by atoms with van der Waals surface area (Å²) in [5, 5.41) is 14.5. The third-order valence-corrected chi connectivity index (χ3v) is 4.79. The molecule has 1 atom stereocenters. The van der Waals surface area contributed by atoms with Gasteiger partial charge in [-0.05, 0) is 55.7 Å². The topological polar surface area (TPSA) is 32.3 Å². The van der Waals surface area contributed by atoms with Gasteiger partial charge in [-0.2, -0.15) is 0 Å². The van der Waals surface area contributed by atoms with Crippen LogP contribution in [0.15, 0.2) is 24.3 Å². The van der Waals surface area contributed by atoms with Gasteiger partial charge >= 0.3 is 0 Å². The molecule has 2 N–H and O–H groups in total. The number of aliphatic hydroxyl groups is 1. The lowest BCUT2D eigenvalue weighted by Crippen LogP contribution is -2.48. The van der Waals surface area contributed by atoms with Gasteiger partial charge in [-0.1, -0.05) is 31.2 Å². The molecule has 1 fully saturated rings. The van der Waals surface area contributed by atoms with Gasteiger partial charge in [0.25, 0.3) is 0 Å². The molecule has 0 aromatic heterocycles. The van der Waals surface area contributed by atoms with E-state index in [2.05, 4.69) is 36.5 Å². The SMILES string of the molecule is CC1CCC(O)(C2NCCc3ccccc32)CC1. The highest BCUT2D eigenvalue weighted by Crippen LogP contribution is 2.42. The second-order valence-corrected chi connectivity index (χ2v) is 6.12. The molecule has 3 rings (SSSR count). The Morgan fingerprint density at radius 2 is 1.94 bits per heavy atom. The second kappa shape index (κ2) is 4.67. The van der Waals surface area contributed by atoms with Crippen LogP contribution in [-0.2, 0) is 6.42 Å². The second-order valence-electron chi connectivity index (χ2n) is 6.12. The highest BCUT2D eigenvalue weighted by atomic mass is 16.3. The first kappa shape index (κ1) is 12.2. The Kier molecular flexibility index (Phi) is 3.16. The van der Waals surface area contributed by atoms with Crippen LogP contribution in [-0.4, -0.2) is 17.3 Å². The standard InChI is InChI=1S/C16H23NO/c1-12-6-9-16(18,10-7-12)15-14-5-3-2-4-13(14)8-11-17-15/h2-5,12,15,17-18H,6-11H2,1H3. The molecule has 0 bridgehead atoms. The van der Waals surface area contributed by atoms with E-state index >= 15 is 0 Å². The molecule has 1 aromatic rings. The van der Waals surface area contributed by atoms with Gasteiger partial charge in [-0.3, -0.25) is 0 Å². The maximum Gasteiger partial charge on any atom is 0.0841 e. The fourth-order valence-corrected chi connectivity index (χ4v) is 3.53. The van der Waals surface area contributed by atoms with Crippen LogP contribution >= 0.6 is 0 Å². The predicted molar refractivity (Wildman–Crippen MR) is 73.5 cm³/mol. The van der Waals surface area contributed by atoms with Gasteiger partial charge in [0.15, 0.2) is 0 Å². The van der Waals surface area contributed by atoms with Gasteiger partial charge in [0, 0.05) is 0 Å². The van der Waals surface area contributed by atoms with Crippen LogP contribution in [0.1, 0.15) is 49.8 Å². The number of nitrogens with one attached hydrogen (secondary N) is 1. The first-order valence-electron chi connectivity index (χ1n) is 7.23. The molecule has 1 aliphatic carbocycles. The molecule has 1 aromatic carbocycles. The van der Waals surface area contributed by atoms with Crippen molar-refractivity contribution in [3.8, 4) is 0 Å². The zero-order valence-corrected chi connectivity index (χ0v) is 11.2. The highest BCUT2D eigenvalue weighted by molar-refractivity contribution is 5.34. The summed E-state index contributed by atoms with van der Waals surface area (Å²) in [4.78, 5) is 0. The van der Waals surface area contributed by atoms with Crippen molar-refractivity contribution in [3.05, 3.63) is 35.4 Å². The molecular weight excluding hydrogens is 222 g/mol. The zero-order chi connectivity index (χ0) is 12.6. The van der Waals surface area contributed by atoms with Gasteiger partial charge in [0.2, 0.25) is 0 Å². The molecular formula is C16H23NO. The van der Waals surface area contributed by atoms with Crippen molar-refractivity contribution < 1.29 is 5.11 Å². The van der Waals surface area contributed by atoms with Crippen molar-refractivity contribution in [3.63, 3.8) is 0 Å². The average molecular weight is 245 g/mol. The molecule has 98 valence electrons. The highest BCUT2D eigenvalue weighted by Gasteiger charge is 2.41. The smallest absolute Gasteiger partial charge is 0.0841 e. The number of hydrogen-bond donors (Lipinski definition) is 2. The van der Waals surface area contributed by atoms with Crippen LogP contribution in [0, 0.1) is 5.92 Å². The summed E-state index contributed by atoms with van der Waals surface area (Å²) in [7, 11) is 0. The van der Waals surface area contributed by atoms with Crippen molar-refractivity contribution in [1.82, 2.24) is 5.32 Å². The van der Waals surface area contributed by atoms with Crippen molar-refractivity contribution in [2.75, 3.05) is 6.54 Å². The molecule has 1 unspecified atom stereocenters. The molecule has 18 heavy (non-hydrogen) atoms. The van der Waals surface area contributed by atoms with E-state index in [0.717, 1.165) is 44.6 Å². The number of hydrogen-bond acceptors (Lipinski definition) is 2. The number of fused-ring (bicyclic) bond motifs is 1. The Morgan fingerprint density at radius 1 is 1.22 bits per heavy atom. The third-order valence-electron chi connectivity index (χ3n) is 4.79. The van der Waals surface area contributed by atoms with E-state index < -0.39 is 5.60 Å². The first-order chi connectivity index (χ1) is 8.69. The fourth-order valence-electron chi connectivity index (χ4n) is 3.53. The Morgan fingerprint density at radius 3 is 2.72 bits per heavy atom. The van der Waals surface area contributed by atoms with Crippen molar-refractivity contribution >= 4 is 0 Å². The maximum atomic E-state index is 11.0. The lowest BCUT2D eigenvalue weighted by Gasteiger charge is -2.44. The number of rotatable bonds is 1. The van der Waals surface area contributed by atoms with E-state index in [1.165, 1.54) is 11.1 Å². The summed E-state index contributed by atoms with van der Waals surface area (Å²) in [6, 6.07) is 8.72. The van der Waals surface area contributed by atoms with Gasteiger partial charge in [0.05, 0.1) is 11.6 Å². The summed E-state index contributed by atoms with van der Waals surface area (Å²) in [6.07, 6.45) is 5.24. The molecule has 1 aliphatic heterocycles. The van der Waals surface area contributed by atoms with E-state index in [4.69, 9.17) is 0 Å². The molecule has 2 heteroatoms. The van der Waals surface area contributed by atoms with E-state index in [1.807, 2.05) is 0 Å². The molecule has 2 aliphatic rings. The van der Waals surface area contributed by atoms with Crippen molar-refractivity contribution in [2.45, 2.75) is 50.7 Å². The maximum absolute atomic E-state index is 11.0. The summed E-state index contributed by atoms with van der Waals surface area (Å²) >= 11 is 0. The summed E-state index contributed by atoms with van der Waals surface area (Å²) in [5.74, 6) is 0.768. The summed E-state index contributed by atoms with van der Waals surface area (Å²) in [5.41, 5.74) is 2.19. The largest absolute Gasteiger partial charge is 0.388 e. The summed E-state index contributed by atoms with van der Waals surface area (Å²) in [6.45, 7) is 3.28. The minimum Gasteiger partial charge on any atom is -0.388 e. The Labute approximate surface area is 109 Å². The lowest BCUT2D eigenvalue weighted by atomic mass is 9.72. The first-order valence-corrected chi connectivity index (χ1v) is 7.23. The minimum absolute atomic E-state index is 0.134. The monoisotopic (exact) mass is 245 g/mol. The Balaban J connectivity index is 1.89. The normalized spacial score (nSPS) is 36.1. The third kappa shape index (κ3) is 2.08. The van der Waals surface area contributed by atoms with Crippen LogP contribution in [0.3, 0.4) is 0 Å². The molecule has 0 spiro atoms. The van der Waals surface area contributed by atoms with E-state index in [0.29, 0.717) is 0 Å². The number of benzene rings is 1. The van der Waals surface area contributed by atoms with E-state index in [1.54, 1.807) is 0 Å². The predicted octanol–water partition coefficient (Wildman–Crippen LogP) is 2.81. The van der Waals surface area contributed by atoms with Gasteiger partial charge < -0.3 is 10.4 Å². The molecule has 2 nitrogen and oxygen atoms in total. The van der Waals surface area contributed by atoms with E-state index in [9.17, 15) is 5.11 Å². The molecule has 0 radical (unpaired) electrons. The Hall–Kier alpha value is -0.860. The zero-order valence-electron chi connectivity index (χ0n) is 11.2. The van der Waals surface area contributed by atoms with Crippen LogP contribution in [0.4, 0.5) is 0 Å². The molecule has 0 saturated heterocycles. The fraction of sp³-hybridized carbons (Fsp3) is 0.625. The van der Waals surface area contributed by atoms with Crippen molar-refractivity contribution in [2.24, 2.45) is 5.92 Å². The van der Waals surface area contributed by atoms with Gasteiger partial charge in [0.1, 0.15) is 0 Å². The quantitative estimate of drug-likeness (QED) is 0.797. The molecule has 1 heterocycles. The van der Waals surface area contributed by atoms with Crippen LogP contribution in [0.5, 0.6) is 0 Å². The van der Waals surface area contributed by atoms with Gasteiger partial charge in [-0.15, -0.1) is 0 Å². The average Bonchev–Trinajstić information content (AvgIpc) is 2.42. The summed E-state index contributed by atoms with van der Waals surface area (Å²) < 4.78 is 0.